The minimum Gasteiger partial charge on any atom is -0.368 e. The highest BCUT2D eigenvalue weighted by Crippen LogP contribution is 2.33. The molecule has 130 valence electrons. The number of hydrogen-bond donors (Lipinski definition) is 1. The van der Waals surface area contributed by atoms with Gasteiger partial charge in [0, 0.05) is 55.1 Å². The number of nitrogens with one attached hydrogen (secondary N) is 1. The van der Waals surface area contributed by atoms with Gasteiger partial charge in [0.15, 0.2) is 0 Å². The van der Waals surface area contributed by atoms with E-state index in [0.717, 1.165) is 62.2 Å². The van der Waals surface area contributed by atoms with Crippen LogP contribution in [0.3, 0.4) is 0 Å². The molecule has 2 aromatic rings. The van der Waals surface area contributed by atoms with Crippen LogP contribution >= 0.6 is 11.3 Å². The van der Waals surface area contributed by atoms with Crippen molar-refractivity contribution in [2.24, 2.45) is 0 Å². The Labute approximate surface area is 146 Å². The molecule has 1 amide bonds. The van der Waals surface area contributed by atoms with E-state index >= 15 is 0 Å². The zero-order chi connectivity index (χ0) is 16.9. The molecule has 1 aromatic heterocycles. The normalized spacial score (nSPS) is 15.8. The lowest BCUT2D eigenvalue weighted by molar-refractivity contribution is -0.118. The third-order valence-corrected chi connectivity index (χ3v) is 5.44. The summed E-state index contributed by atoms with van der Waals surface area (Å²) in [6, 6.07) is 5.06. The molecule has 0 saturated carbocycles. The van der Waals surface area contributed by atoms with E-state index in [-0.39, 0.29) is 11.7 Å². The first-order valence-electron chi connectivity index (χ1n) is 8.52. The zero-order valence-corrected chi connectivity index (χ0v) is 14.9. The Kier molecular flexibility index (Phi) is 5.68. The number of piperazine rings is 1. The predicted molar refractivity (Wildman–Crippen MR) is 98.4 cm³/mol. The zero-order valence-electron chi connectivity index (χ0n) is 14.1. The average molecular weight is 349 g/mol. The van der Waals surface area contributed by atoms with Crippen LogP contribution in [0.2, 0.25) is 0 Å². The van der Waals surface area contributed by atoms with E-state index in [4.69, 9.17) is 0 Å². The molecule has 0 radical (unpaired) electrons. The molecule has 4 nitrogen and oxygen atoms in total. The number of hydrogen-bond acceptors (Lipinski definition) is 4. The van der Waals surface area contributed by atoms with Crippen molar-refractivity contribution in [2.45, 2.75) is 19.8 Å². The van der Waals surface area contributed by atoms with Crippen LogP contribution in [0, 0.1) is 5.82 Å². The van der Waals surface area contributed by atoms with Crippen LogP contribution in [0.1, 0.15) is 19.8 Å². The molecule has 1 aromatic carbocycles. The maximum absolute atomic E-state index is 13.3. The van der Waals surface area contributed by atoms with Crippen molar-refractivity contribution >= 4 is 33.0 Å². The summed E-state index contributed by atoms with van der Waals surface area (Å²) < 4.78 is 14.3. The summed E-state index contributed by atoms with van der Waals surface area (Å²) in [4.78, 5) is 15.7. The first-order chi connectivity index (χ1) is 11.6. The Morgan fingerprint density at radius 1 is 1.25 bits per heavy atom. The Hall–Kier alpha value is -1.66. The van der Waals surface area contributed by atoms with Gasteiger partial charge in [0.25, 0.3) is 0 Å². The van der Waals surface area contributed by atoms with Crippen LogP contribution in [0.4, 0.5) is 10.1 Å². The summed E-state index contributed by atoms with van der Waals surface area (Å²) in [5, 5.41) is 6.14. The maximum atomic E-state index is 13.3. The average Bonchev–Trinajstić information content (AvgIpc) is 2.98. The van der Waals surface area contributed by atoms with Crippen molar-refractivity contribution in [3.05, 3.63) is 29.4 Å². The van der Waals surface area contributed by atoms with Crippen molar-refractivity contribution in [1.29, 1.82) is 0 Å². The first kappa shape index (κ1) is 17.2. The lowest BCUT2D eigenvalue weighted by atomic mass is 10.2. The molecule has 0 spiro atoms. The molecular formula is C18H24FN3OS. The standard InChI is InChI=1S/C18H24FN3OS/c1-14(23)20-6-2-3-7-21-8-10-22(11-9-21)17-13-24-18-12-15(19)4-5-16(17)18/h4-5,12-13H,2-3,6-11H2,1H3,(H,20,23). The maximum Gasteiger partial charge on any atom is 0.216 e. The second-order valence-electron chi connectivity index (χ2n) is 6.28. The second kappa shape index (κ2) is 7.94. The van der Waals surface area contributed by atoms with E-state index < -0.39 is 0 Å². The number of nitrogens with zero attached hydrogens (tertiary/aromatic N) is 2. The van der Waals surface area contributed by atoms with E-state index in [1.807, 2.05) is 6.07 Å². The molecule has 1 aliphatic rings. The Bertz CT molecular complexity index is 695. The summed E-state index contributed by atoms with van der Waals surface area (Å²) in [5.74, 6) is -0.119. The Morgan fingerprint density at radius 3 is 2.79 bits per heavy atom. The lowest BCUT2D eigenvalue weighted by Crippen LogP contribution is -2.46. The number of rotatable bonds is 6. The summed E-state index contributed by atoms with van der Waals surface area (Å²) in [6.45, 7) is 7.54. The Balaban J connectivity index is 1.47. The van der Waals surface area contributed by atoms with Crippen molar-refractivity contribution in [3.63, 3.8) is 0 Å². The topological polar surface area (TPSA) is 35.6 Å². The number of benzene rings is 1. The molecule has 1 saturated heterocycles. The SMILES string of the molecule is CC(=O)NCCCCN1CCN(c2csc3cc(F)ccc23)CC1. The molecule has 24 heavy (non-hydrogen) atoms. The molecule has 1 N–H and O–H groups in total. The van der Waals surface area contributed by atoms with Gasteiger partial charge in [-0.05, 0) is 37.6 Å². The van der Waals surface area contributed by atoms with Crippen molar-refractivity contribution in [1.82, 2.24) is 10.2 Å². The number of anilines is 1. The number of unbranched alkanes of at least 4 members (excludes halogenated alkanes) is 1. The fraction of sp³-hybridized carbons (Fsp3) is 0.500. The van der Waals surface area contributed by atoms with Crippen LogP contribution in [0.5, 0.6) is 0 Å². The smallest absolute Gasteiger partial charge is 0.216 e. The predicted octanol–water partition coefficient (Wildman–Crippen LogP) is 3.08. The fourth-order valence-corrected chi connectivity index (χ4v) is 4.16. The fourth-order valence-electron chi connectivity index (χ4n) is 3.17. The monoisotopic (exact) mass is 349 g/mol. The van der Waals surface area contributed by atoms with Gasteiger partial charge in [0.05, 0.1) is 5.69 Å². The number of fused-ring (bicyclic) bond motifs is 1. The number of amides is 1. The summed E-state index contributed by atoms with van der Waals surface area (Å²) in [5.41, 5.74) is 1.24. The molecule has 0 unspecified atom stereocenters. The van der Waals surface area contributed by atoms with Gasteiger partial charge in [-0.2, -0.15) is 0 Å². The lowest BCUT2D eigenvalue weighted by Gasteiger charge is -2.35. The minimum atomic E-state index is -0.167. The highest BCUT2D eigenvalue weighted by molar-refractivity contribution is 7.17. The van der Waals surface area contributed by atoms with Gasteiger partial charge in [-0.25, -0.2) is 4.39 Å². The third-order valence-electron chi connectivity index (χ3n) is 4.51. The molecule has 0 atom stereocenters. The molecule has 2 heterocycles. The highest BCUT2D eigenvalue weighted by Gasteiger charge is 2.19. The van der Waals surface area contributed by atoms with Crippen molar-refractivity contribution in [3.8, 4) is 0 Å². The van der Waals surface area contributed by atoms with Crippen molar-refractivity contribution in [2.75, 3.05) is 44.2 Å². The molecule has 6 heteroatoms. The first-order valence-corrected chi connectivity index (χ1v) is 9.40. The number of thiophene rings is 1. The molecule has 1 fully saturated rings. The van der Waals surface area contributed by atoms with Crippen LogP contribution in [0.25, 0.3) is 10.1 Å². The van der Waals surface area contributed by atoms with Crippen LogP contribution in [-0.2, 0) is 4.79 Å². The van der Waals surface area contributed by atoms with Gasteiger partial charge in [0.2, 0.25) is 5.91 Å². The van der Waals surface area contributed by atoms with Gasteiger partial charge in [-0.1, -0.05) is 0 Å². The van der Waals surface area contributed by atoms with Gasteiger partial charge < -0.3 is 10.2 Å². The summed E-state index contributed by atoms with van der Waals surface area (Å²) in [6.07, 6.45) is 2.14. The molecule has 3 rings (SSSR count). The van der Waals surface area contributed by atoms with Gasteiger partial charge in [-0.15, -0.1) is 11.3 Å². The van der Waals surface area contributed by atoms with E-state index in [9.17, 15) is 9.18 Å². The van der Waals surface area contributed by atoms with E-state index in [1.165, 1.54) is 5.69 Å². The van der Waals surface area contributed by atoms with Crippen LogP contribution in [-0.4, -0.2) is 50.1 Å². The van der Waals surface area contributed by atoms with E-state index in [0.29, 0.717) is 0 Å². The largest absolute Gasteiger partial charge is 0.368 e. The Morgan fingerprint density at radius 2 is 2.04 bits per heavy atom. The summed E-state index contributed by atoms with van der Waals surface area (Å²) >= 11 is 1.61. The van der Waals surface area contributed by atoms with Gasteiger partial charge in [0.1, 0.15) is 5.82 Å². The summed E-state index contributed by atoms with van der Waals surface area (Å²) in [7, 11) is 0. The van der Waals surface area contributed by atoms with Crippen LogP contribution < -0.4 is 10.2 Å². The van der Waals surface area contributed by atoms with E-state index in [2.05, 4.69) is 20.5 Å². The number of carbonyl (C=O) groups is 1. The molecule has 0 bridgehead atoms. The quantitative estimate of drug-likeness (QED) is 0.814. The van der Waals surface area contributed by atoms with Crippen LogP contribution in [0.15, 0.2) is 23.6 Å². The minimum absolute atomic E-state index is 0.0477. The number of halogens is 1. The number of carbonyl (C=O) groups excluding carboxylic acids is 1. The van der Waals surface area contributed by atoms with Gasteiger partial charge in [-0.3, -0.25) is 9.69 Å². The third kappa shape index (κ3) is 4.24. The van der Waals surface area contributed by atoms with E-state index in [1.54, 1.807) is 30.4 Å². The van der Waals surface area contributed by atoms with Crippen molar-refractivity contribution < 1.29 is 9.18 Å². The highest BCUT2D eigenvalue weighted by atomic mass is 32.1. The molecule has 0 aliphatic carbocycles. The van der Waals surface area contributed by atoms with Gasteiger partial charge >= 0.3 is 0 Å². The molecular weight excluding hydrogens is 325 g/mol. The molecule has 1 aliphatic heterocycles. The second-order valence-corrected chi connectivity index (χ2v) is 7.19.